The molecule has 1 aliphatic rings. The second-order valence-electron chi connectivity index (χ2n) is 7.52. The van der Waals surface area contributed by atoms with E-state index in [0.717, 1.165) is 11.6 Å². The van der Waals surface area contributed by atoms with Crippen LogP contribution in [0.4, 0.5) is 5.69 Å². The van der Waals surface area contributed by atoms with Gasteiger partial charge in [-0.25, -0.2) is 8.42 Å². The van der Waals surface area contributed by atoms with Crippen molar-refractivity contribution in [3.8, 4) is 0 Å². The van der Waals surface area contributed by atoms with Gasteiger partial charge in [-0.1, -0.05) is 59.1 Å². The Labute approximate surface area is 210 Å². The van der Waals surface area contributed by atoms with Gasteiger partial charge in [0.05, 0.1) is 27.6 Å². The molecule has 1 aliphatic heterocycles. The van der Waals surface area contributed by atoms with Crippen LogP contribution in [0.3, 0.4) is 0 Å². The van der Waals surface area contributed by atoms with Gasteiger partial charge in [-0.3, -0.25) is 10.1 Å². The van der Waals surface area contributed by atoms with E-state index in [2.05, 4.69) is 15.2 Å². The summed E-state index contributed by atoms with van der Waals surface area (Å²) < 4.78 is 29.0. The summed E-state index contributed by atoms with van der Waals surface area (Å²) in [6.07, 6.45) is 0.378. The number of nitrogens with zero attached hydrogens (tertiary/aromatic N) is 2. The zero-order chi connectivity index (χ0) is 24.5. The van der Waals surface area contributed by atoms with Gasteiger partial charge < -0.3 is 5.43 Å². The summed E-state index contributed by atoms with van der Waals surface area (Å²) in [6.45, 7) is 0. The van der Waals surface area contributed by atoms with Crippen molar-refractivity contribution < 1.29 is 13.3 Å². The van der Waals surface area contributed by atoms with Crippen molar-refractivity contribution in [1.29, 1.82) is 0 Å². The molecule has 0 spiro atoms. The lowest BCUT2D eigenvalue weighted by Gasteiger charge is -2.21. The fraction of sp³-hybridized carbons (Fsp3) is 0.136. The predicted octanol–water partition coefficient (Wildman–Crippen LogP) is 5.67. The topological polar surface area (TPSA) is 114 Å². The molecule has 0 aliphatic carbocycles. The van der Waals surface area contributed by atoms with Crippen LogP contribution in [0.5, 0.6) is 0 Å². The van der Waals surface area contributed by atoms with Gasteiger partial charge in [0.15, 0.2) is 0 Å². The highest BCUT2D eigenvalue weighted by Gasteiger charge is 2.32. The number of hydrogen-bond donors (Lipinski definition) is 2. The minimum Gasteiger partial charge on any atom is -0.302 e. The van der Waals surface area contributed by atoms with E-state index >= 15 is 0 Å². The summed E-state index contributed by atoms with van der Waals surface area (Å²) in [5.74, 6) is 0. The van der Waals surface area contributed by atoms with Gasteiger partial charge >= 0.3 is 0 Å². The van der Waals surface area contributed by atoms with Crippen molar-refractivity contribution in [1.82, 2.24) is 10.1 Å². The minimum absolute atomic E-state index is 0.205. The van der Waals surface area contributed by atoms with E-state index in [-0.39, 0.29) is 21.6 Å². The molecule has 0 saturated carbocycles. The van der Waals surface area contributed by atoms with E-state index in [1.54, 1.807) is 24.3 Å². The fourth-order valence-electron chi connectivity index (χ4n) is 3.57. The minimum atomic E-state index is -4.19. The molecular formula is C22H17Cl3N4O4S. The Hall–Kier alpha value is -2.69. The molecule has 0 amide bonds. The third-order valence-corrected chi connectivity index (χ3v) is 7.50. The number of benzene rings is 3. The summed E-state index contributed by atoms with van der Waals surface area (Å²) in [7, 11) is -4.19. The summed E-state index contributed by atoms with van der Waals surface area (Å²) in [5.41, 5.74) is 4.53. The SMILES string of the molecule is O=[N+]([O-])c1cccc(S(=O)(=O)N[C@H](C2=NNC(c3ccc(Cl)cc3)C2)c2ccc(Cl)cc2Cl)c1. The number of nitrogens with one attached hydrogen (secondary N) is 2. The maximum Gasteiger partial charge on any atom is 0.270 e. The summed E-state index contributed by atoms with van der Waals surface area (Å²) in [6, 6.07) is 15.6. The van der Waals surface area contributed by atoms with Crippen LogP contribution in [-0.4, -0.2) is 19.1 Å². The predicted molar refractivity (Wildman–Crippen MR) is 132 cm³/mol. The van der Waals surface area contributed by atoms with Crippen LogP contribution >= 0.6 is 34.8 Å². The summed E-state index contributed by atoms with van der Waals surface area (Å²) in [5, 5.41) is 16.7. The van der Waals surface area contributed by atoms with Gasteiger partial charge in [-0.2, -0.15) is 9.82 Å². The third-order valence-electron chi connectivity index (χ3n) is 5.27. The highest BCUT2D eigenvalue weighted by atomic mass is 35.5. The average molecular weight is 540 g/mol. The molecule has 0 saturated heterocycles. The smallest absolute Gasteiger partial charge is 0.270 e. The van der Waals surface area contributed by atoms with Crippen LogP contribution in [-0.2, 0) is 10.0 Å². The first-order valence-electron chi connectivity index (χ1n) is 9.93. The zero-order valence-electron chi connectivity index (χ0n) is 17.3. The molecule has 8 nitrogen and oxygen atoms in total. The molecule has 1 heterocycles. The molecule has 12 heteroatoms. The van der Waals surface area contributed by atoms with E-state index in [9.17, 15) is 18.5 Å². The molecule has 176 valence electrons. The number of nitro benzene ring substituents is 1. The Morgan fingerprint density at radius 2 is 1.74 bits per heavy atom. The molecule has 3 aromatic carbocycles. The Bertz CT molecular complexity index is 1380. The van der Waals surface area contributed by atoms with Crippen molar-refractivity contribution in [3.05, 3.63) is 103 Å². The third kappa shape index (κ3) is 5.34. The number of nitro groups is 1. The number of halogens is 3. The molecule has 1 unspecified atom stereocenters. The van der Waals surface area contributed by atoms with E-state index in [4.69, 9.17) is 34.8 Å². The number of rotatable bonds is 7. The largest absolute Gasteiger partial charge is 0.302 e. The Morgan fingerprint density at radius 3 is 2.41 bits per heavy atom. The molecule has 4 rings (SSSR count). The van der Waals surface area contributed by atoms with Crippen molar-refractivity contribution >= 4 is 56.2 Å². The number of hydrogen-bond acceptors (Lipinski definition) is 6. The van der Waals surface area contributed by atoms with Gasteiger partial charge in [0.1, 0.15) is 0 Å². The fourth-order valence-corrected chi connectivity index (χ4v) is 5.45. The monoisotopic (exact) mass is 538 g/mol. The zero-order valence-corrected chi connectivity index (χ0v) is 20.4. The molecular weight excluding hydrogens is 523 g/mol. The molecule has 2 N–H and O–H groups in total. The molecule has 0 aromatic heterocycles. The van der Waals surface area contributed by atoms with Crippen LogP contribution < -0.4 is 10.1 Å². The van der Waals surface area contributed by atoms with Crippen molar-refractivity contribution in [3.63, 3.8) is 0 Å². The van der Waals surface area contributed by atoms with Crippen molar-refractivity contribution in [2.75, 3.05) is 0 Å². The lowest BCUT2D eigenvalue weighted by atomic mass is 9.96. The molecule has 2 atom stereocenters. The Morgan fingerprint density at radius 1 is 1.03 bits per heavy atom. The summed E-state index contributed by atoms with van der Waals surface area (Å²) >= 11 is 18.4. The van der Waals surface area contributed by atoms with Gasteiger partial charge in [0.25, 0.3) is 5.69 Å². The van der Waals surface area contributed by atoms with Crippen LogP contribution in [0.1, 0.15) is 29.6 Å². The lowest BCUT2D eigenvalue weighted by Crippen LogP contribution is -2.33. The highest BCUT2D eigenvalue weighted by Crippen LogP contribution is 2.34. The van der Waals surface area contributed by atoms with Gasteiger partial charge in [0, 0.05) is 33.6 Å². The van der Waals surface area contributed by atoms with E-state index in [1.807, 2.05) is 12.1 Å². The Balaban J connectivity index is 1.69. The average Bonchev–Trinajstić information content (AvgIpc) is 3.28. The van der Waals surface area contributed by atoms with Crippen molar-refractivity contribution in [2.45, 2.75) is 23.4 Å². The van der Waals surface area contributed by atoms with Crippen LogP contribution in [0.25, 0.3) is 0 Å². The Kier molecular flexibility index (Phi) is 7.11. The standard InChI is InChI=1S/C22H17Cl3N4O4S/c23-14-6-4-13(5-7-14)20-12-21(27-26-20)22(18-9-8-15(24)10-19(18)25)28-34(32,33)17-3-1-2-16(11-17)29(30)31/h1-11,20,22,26,28H,12H2/t20?,22-/m0/s1. The first-order valence-corrected chi connectivity index (χ1v) is 12.5. The van der Waals surface area contributed by atoms with Gasteiger partial charge in [-0.15, -0.1) is 0 Å². The molecule has 34 heavy (non-hydrogen) atoms. The molecule has 0 radical (unpaired) electrons. The number of sulfonamides is 1. The second-order valence-corrected chi connectivity index (χ2v) is 10.5. The van der Waals surface area contributed by atoms with Gasteiger partial charge in [-0.05, 0) is 41.5 Å². The van der Waals surface area contributed by atoms with E-state index in [0.29, 0.717) is 27.7 Å². The maximum atomic E-state index is 13.2. The lowest BCUT2D eigenvalue weighted by molar-refractivity contribution is -0.385. The normalized spacial score (nSPS) is 16.6. The molecule has 3 aromatic rings. The maximum absolute atomic E-state index is 13.2. The molecule has 0 bridgehead atoms. The van der Waals surface area contributed by atoms with E-state index in [1.165, 1.54) is 24.3 Å². The quantitative estimate of drug-likeness (QED) is 0.297. The number of non-ortho nitro benzene ring substituents is 1. The second kappa shape index (κ2) is 9.89. The number of hydrazone groups is 1. The molecule has 0 fully saturated rings. The van der Waals surface area contributed by atoms with Crippen LogP contribution in [0.2, 0.25) is 15.1 Å². The van der Waals surface area contributed by atoms with E-state index < -0.39 is 21.0 Å². The van der Waals surface area contributed by atoms with Crippen LogP contribution in [0, 0.1) is 10.1 Å². The first-order chi connectivity index (χ1) is 16.1. The highest BCUT2D eigenvalue weighted by molar-refractivity contribution is 7.89. The van der Waals surface area contributed by atoms with Crippen molar-refractivity contribution in [2.24, 2.45) is 5.10 Å². The van der Waals surface area contributed by atoms with Gasteiger partial charge in [0.2, 0.25) is 10.0 Å². The first kappa shape index (κ1) is 24.4. The summed E-state index contributed by atoms with van der Waals surface area (Å²) in [4.78, 5) is 10.2. The van der Waals surface area contributed by atoms with Crippen LogP contribution in [0.15, 0.2) is 76.7 Å².